The first-order chi connectivity index (χ1) is 6.40. The lowest BCUT2D eigenvalue weighted by atomic mass is 10.3. The third-order valence-corrected chi connectivity index (χ3v) is 2.39. The Hall–Kier alpha value is -1.62. The Balaban J connectivity index is 2.49. The normalized spacial score (nSPS) is 11.1. The topological polar surface area (TPSA) is 54.7 Å². The summed E-state index contributed by atoms with van der Waals surface area (Å²) < 4.78 is 1.04. The molecule has 2 aromatic rings. The molecule has 0 N–H and O–H groups in total. The van der Waals surface area contributed by atoms with Crippen LogP contribution in [0.25, 0.3) is 10.2 Å². The van der Waals surface area contributed by atoms with Gasteiger partial charge in [0.1, 0.15) is 0 Å². The number of hydrogen-bond acceptors (Lipinski definition) is 4. The van der Waals surface area contributed by atoms with Gasteiger partial charge in [-0.1, -0.05) is 23.5 Å². The van der Waals surface area contributed by atoms with Gasteiger partial charge < -0.3 is 0 Å². The van der Waals surface area contributed by atoms with Crippen LogP contribution in [0.2, 0.25) is 0 Å². The summed E-state index contributed by atoms with van der Waals surface area (Å²) in [5.41, 5.74) is 0.882. The Bertz CT molecular complexity index is 430. The minimum Gasteiger partial charge on any atom is -0.275 e. The van der Waals surface area contributed by atoms with Crippen molar-refractivity contribution in [1.82, 2.24) is 4.98 Å². The number of hydrogen-bond donors (Lipinski definition) is 0. The lowest BCUT2D eigenvalue weighted by molar-refractivity contribution is -0.107. The van der Waals surface area contributed by atoms with Crippen LogP contribution in [0, 0.1) is 0 Å². The summed E-state index contributed by atoms with van der Waals surface area (Å²) in [4.78, 5) is 14.1. The van der Waals surface area contributed by atoms with Gasteiger partial charge in [0.25, 0.3) is 6.41 Å². The molecule has 0 spiro atoms. The number of carbonyl (C=O) groups excluding carboxylic acids is 1. The van der Waals surface area contributed by atoms with Crippen molar-refractivity contribution in [2.24, 2.45) is 10.2 Å². The number of thiazole rings is 1. The minimum atomic E-state index is 0.395. The molecule has 0 fully saturated rings. The Morgan fingerprint density at radius 2 is 2.23 bits per heavy atom. The van der Waals surface area contributed by atoms with E-state index < -0.39 is 0 Å². The number of aromatic nitrogens is 1. The van der Waals surface area contributed by atoms with Crippen molar-refractivity contribution >= 4 is 33.1 Å². The van der Waals surface area contributed by atoms with Crippen molar-refractivity contribution < 1.29 is 4.79 Å². The van der Waals surface area contributed by atoms with Crippen molar-refractivity contribution in [3.8, 4) is 0 Å². The van der Waals surface area contributed by atoms with Crippen LogP contribution in [-0.4, -0.2) is 11.4 Å². The molecule has 0 radical (unpaired) electrons. The van der Waals surface area contributed by atoms with E-state index in [0.29, 0.717) is 11.5 Å². The van der Waals surface area contributed by atoms with Gasteiger partial charge in [-0.15, -0.1) is 10.2 Å². The molecule has 5 heteroatoms. The van der Waals surface area contributed by atoms with Crippen LogP contribution in [0.3, 0.4) is 0 Å². The maximum Gasteiger partial charge on any atom is 0.252 e. The monoisotopic (exact) mass is 191 g/mol. The summed E-state index contributed by atoms with van der Waals surface area (Å²) in [6.45, 7) is 0. The highest BCUT2D eigenvalue weighted by Crippen LogP contribution is 2.27. The van der Waals surface area contributed by atoms with Gasteiger partial charge in [0.15, 0.2) is 0 Å². The predicted octanol–water partition coefficient (Wildman–Crippen LogP) is 2.54. The average Bonchev–Trinajstić information content (AvgIpc) is 2.57. The van der Waals surface area contributed by atoms with Crippen LogP contribution in [0.1, 0.15) is 0 Å². The quantitative estimate of drug-likeness (QED) is 0.541. The molecule has 2 rings (SSSR count). The first-order valence-corrected chi connectivity index (χ1v) is 4.42. The third kappa shape index (κ3) is 1.59. The number of nitrogens with zero attached hydrogens (tertiary/aromatic N) is 3. The van der Waals surface area contributed by atoms with Gasteiger partial charge in [-0.25, -0.2) is 4.98 Å². The van der Waals surface area contributed by atoms with E-state index in [-0.39, 0.29) is 0 Å². The van der Waals surface area contributed by atoms with Crippen LogP contribution in [0.5, 0.6) is 0 Å². The maximum absolute atomic E-state index is 9.91. The molecule has 1 heterocycles. The molecule has 1 amide bonds. The molecule has 4 nitrogen and oxygen atoms in total. The van der Waals surface area contributed by atoms with E-state index in [9.17, 15) is 4.79 Å². The van der Waals surface area contributed by atoms with Crippen LogP contribution < -0.4 is 0 Å². The van der Waals surface area contributed by atoms with Gasteiger partial charge >= 0.3 is 0 Å². The second-order valence-electron chi connectivity index (χ2n) is 2.29. The number of azo groups is 1. The largest absolute Gasteiger partial charge is 0.275 e. The zero-order valence-electron chi connectivity index (χ0n) is 6.54. The summed E-state index contributed by atoms with van der Waals surface area (Å²) in [5, 5.41) is 7.36. The fourth-order valence-corrected chi connectivity index (χ4v) is 1.77. The van der Waals surface area contributed by atoms with Crippen LogP contribution in [0.4, 0.5) is 5.13 Å². The zero-order valence-corrected chi connectivity index (χ0v) is 7.36. The average molecular weight is 191 g/mol. The van der Waals surface area contributed by atoms with Crippen molar-refractivity contribution in [3.63, 3.8) is 0 Å². The third-order valence-electron chi connectivity index (χ3n) is 1.47. The second kappa shape index (κ2) is 3.40. The van der Waals surface area contributed by atoms with Crippen LogP contribution in [0.15, 0.2) is 34.5 Å². The van der Waals surface area contributed by atoms with Gasteiger partial charge in [-0.05, 0) is 12.1 Å². The molecule has 1 aromatic heterocycles. The fraction of sp³-hybridized carbons (Fsp3) is 0. The highest BCUT2D eigenvalue weighted by atomic mass is 32.1. The van der Waals surface area contributed by atoms with E-state index in [1.807, 2.05) is 24.3 Å². The molecule has 0 saturated carbocycles. The van der Waals surface area contributed by atoms with Crippen molar-refractivity contribution in [2.75, 3.05) is 0 Å². The van der Waals surface area contributed by atoms with Gasteiger partial charge in [-0.2, -0.15) is 0 Å². The van der Waals surface area contributed by atoms with Crippen molar-refractivity contribution in [1.29, 1.82) is 0 Å². The van der Waals surface area contributed by atoms with Crippen molar-refractivity contribution in [2.45, 2.75) is 0 Å². The van der Waals surface area contributed by atoms with Gasteiger partial charge in [0, 0.05) is 0 Å². The molecule has 0 aliphatic rings. The summed E-state index contributed by atoms with van der Waals surface area (Å²) >= 11 is 1.41. The molecule has 0 aliphatic carbocycles. The van der Waals surface area contributed by atoms with Gasteiger partial charge in [-0.3, -0.25) is 4.79 Å². The van der Waals surface area contributed by atoms with Gasteiger partial charge in [0.2, 0.25) is 5.13 Å². The number of carbonyl (C=O) groups is 1. The highest BCUT2D eigenvalue weighted by Gasteiger charge is 2.00. The van der Waals surface area contributed by atoms with Gasteiger partial charge in [0.05, 0.1) is 10.2 Å². The Labute approximate surface area is 77.9 Å². The predicted molar refractivity (Wildman–Crippen MR) is 50.2 cm³/mol. The first kappa shape index (κ1) is 8.00. The van der Waals surface area contributed by atoms with Crippen LogP contribution in [-0.2, 0) is 4.79 Å². The molecule has 0 unspecified atom stereocenters. The SMILES string of the molecule is O=CN=Nc1nc2ccccc2s1. The second-order valence-corrected chi connectivity index (χ2v) is 3.29. The molecular formula is C8H5N3OS. The lowest BCUT2D eigenvalue weighted by Gasteiger charge is -1.80. The minimum absolute atomic E-state index is 0.395. The number of benzene rings is 1. The molecule has 0 saturated heterocycles. The molecule has 64 valence electrons. The molecule has 1 aromatic carbocycles. The maximum atomic E-state index is 9.91. The highest BCUT2D eigenvalue weighted by molar-refractivity contribution is 7.21. The zero-order chi connectivity index (χ0) is 9.10. The number of para-hydroxylation sites is 1. The number of fused-ring (bicyclic) bond motifs is 1. The number of amides is 1. The smallest absolute Gasteiger partial charge is 0.252 e. The Morgan fingerprint density at radius 1 is 1.38 bits per heavy atom. The first-order valence-electron chi connectivity index (χ1n) is 3.60. The van der Waals surface area contributed by atoms with E-state index in [0.717, 1.165) is 10.2 Å². The fourth-order valence-electron chi connectivity index (χ4n) is 0.976. The molecule has 0 bridgehead atoms. The van der Waals surface area contributed by atoms with E-state index in [2.05, 4.69) is 15.2 Å². The standard InChI is InChI=1S/C8H5N3OS/c12-5-9-11-8-10-6-3-1-2-4-7(6)13-8/h1-5H. The molecule has 0 aliphatic heterocycles. The number of rotatable bonds is 2. The van der Waals surface area contributed by atoms with Crippen molar-refractivity contribution in [3.05, 3.63) is 24.3 Å². The summed E-state index contributed by atoms with van der Waals surface area (Å²) in [5.74, 6) is 0. The summed E-state index contributed by atoms with van der Waals surface area (Å²) in [7, 11) is 0. The molecule has 0 atom stereocenters. The molecule has 13 heavy (non-hydrogen) atoms. The van der Waals surface area contributed by atoms with E-state index in [4.69, 9.17) is 0 Å². The van der Waals surface area contributed by atoms with E-state index in [1.165, 1.54) is 11.3 Å². The molecular weight excluding hydrogens is 186 g/mol. The van der Waals surface area contributed by atoms with E-state index >= 15 is 0 Å². The Kier molecular flexibility index (Phi) is 2.09. The van der Waals surface area contributed by atoms with E-state index in [1.54, 1.807) is 0 Å². The lowest BCUT2D eigenvalue weighted by Crippen LogP contribution is -1.63. The Morgan fingerprint density at radius 3 is 3.00 bits per heavy atom. The summed E-state index contributed by atoms with van der Waals surface area (Å²) in [6.07, 6.45) is 0.395. The van der Waals surface area contributed by atoms with Crippen LogP contribution >= 0.6 is 11.3 Å². The summed E-state index contributed by atoms with van der Waals surface area (Å²) in [6, 6.07) is 7.68.